The summed E-state index contributed by atoms with van der Waals surface area (Å²) < 4.78 is 0. The molecule has 0 spiro atoms. The second-order valence-electron chi connectivity index (χ2n) is 12.4. The van der Waals surface area contributed by atoms with E-state index in [1.165, 1.54) is 0 Å². The van der Waals surface area contributed by atoms with E-state index in [9.17, 15) is 24.9 Å². The lowest BCUT2D eigenvalue weighted by molar-refractivity contribution is -0.160. The van der Waals surface area contributed by atoms with Crippen LogP contribution in [0.5, 0.6) is 11.5 Å². The van der Waals surface area contributed by atoms with Gasteiger partial charge in [-0.05, 0) is 105 Å². The SMILES string of the molecule is Cc1c(O)c(O)cc2c1C(=O)C=C1[C@@]2(C)CCC2[C@@H]3C[C@](C)(C(=O)O)CC[C@]3(C)CC[C@]12C. The van der Waals surface area contributed by atoms with E-state index in [1.54, 1.807) is 13.0 Å². The van der Waals surface area contributed by atoms with Crippen LogP contribution < -0.4 is 0 Å². The Morgan fingerprint density at radius 2 is 1.67 bits per heavy atom. The van der Waals surface area contributed by atoms with Gasteiger partial charge in [-0.3, -0.25) is 9.59 Å². The summed E-state index contributed by atoms with van der Waals surface area (Å²) in [7, 11) is 0. The number of hydrogen-bond donors (Lipinski definition) is 3. The van der Waals surface area contributed by atoms with Gasteiger partial charge in [0.1, 0.15) is 0 Å². The number of allylic oxidation sites excluding steroid dienone is 2. The number of ketones is 1. The number of aromatic hydroxyl groups is 2. The third-order valence-corrected chi connectivity index (χ3v) is 10.7. The molecule has 0 aromatic heterocycles. The van der Waals surface area contributed by atoms with Gasteiger partial charge in [0.15, 0.2) is 17.3 Å². The number of carbonyl (C=O) groups excluding carboxylic acids is 1. The molecule has 1 unspecified atom stereocenters. The van der Waals surface area contributed by atoms with Crippen LogP contribution in [0, 0.1) is 35.0 Å². The van der Waals surface area contributed by atoms with Crippen LogP contribution in [0.4, 0.5) is 0 Å². The largest absolute Gasteiger partial charge is 0.504 e. The van der Waals surface area contributed by atoms with Crippen LogP contribution in [0.1, 0.15) is 94.1 Å². The van der Waals surface area contributed by atoms with Gasteiger partial charge in [0.25, 0.3) is 0 Å². The molecule has 0 aliphatic heterocycles. The zero-order valence-corrected chi connectivity index (χ0v) is 20.4. The molecule has 0 bridgehead atoms. The van der Waals surface area contributed by atoms with Crippen molar-refractivity contribution in [3.05, 3.63) is 34.4 Å². The van der Waals surface area contributed by atoms with Gasteiger partial charge in [0.05, 0.1) is 5.41 Å². The third-order valence-electron chi connectivity index (χ3n) is 10.7. The van der Waals surface area contributed by atoms with Crippen molar-refractivity contribution in [3.63, 3.8) is 0 Å². The normalized spacial score (nSPS) is 41.8. The highest BCUT2D eigenvalue weighted by Crippen LogP contribution is 2.69. The Hall–Kier alpha value is -2.30. The summed E-state index contributed by atoms with van der Waals surface area (Å²) in [4.78, 5) is 25.5. The maximum atomic E-state index is 13.4. The fourth-order valence-corrected chi connectivity index (χ4v) is 8.30. The van der Waals surface area contributed by atoms with Gasteiger partial charge < -0.3 is 15.3 Å². The molecular weight excluding hydrogens is 416 g/mol. The van der Waals surface area contributed by atoms with Crippen LogP contribution >= 0.6 is 0 Å². The Kier molecular flexibility index (Phi) is 4.53. The smallest absolute Gasteiger partial charge is 0.309 e. The fraction of sp³-hybridized carbons (Fsp3) is 0.643. The molecule has 4 aliphatic carbocycles. The molecule has 5 nitrogen and oxygen atoms in total. The Labute approximate surface area is 195 Å². The molecule has 1 aromatic carbocycles. The first-order valence-electron chi connectivity index (χ1n) is 12.3. The lowest BCUT2D eigenvalue weighted by Gasteiger charge is -2.64. The molecule has 4 aliphatic rings. The molecule has 0 saturated heterocycles. The number of carbonyl (C=O) groups is 2. The molecule has 0 radical (unpaired) electrons. The van der Waals surface area contributed by atoms with E-state index in [2.05, 4.69) is 20.8 Å². The van der Waals surface area contributed by atoms with Gasteiger partial charge in [0.2, 0.25) is 0 Å². The monoisotopic (exact) mass is 452 g/mol. The van der Waals surface area contributed by atoms with Gasteiger partial charge in [0, 0.05) is 16.5 Å². The highest BCUT2D eigenvalue weighted by Gasteiger charge is 2.62. The first-order chi connectivity index (χ1) is 15.3. The summed E-state index contributed by atoms with van der Waals surface area (Å²) in [5.74, 6) is -0.539. The zero-order chi connectivity index (χ0) is 24.1. The number of hydrogen-bond acceptors (Lipinski definition) is 4. The predicted octanol–water partition coefficient (Wildman–Crippen LogP) is 5.89. The van der Waals surface area contributed by atoms with Gasteiger partial charge in [-0.15, -0.1) is 0 Å². The van der Waals surface area contributed by atoms with E-state index >= 15 is 0 Å². The third kappa shape index (κ3) is 2.77. The highest BCUT2D eigenvalue weighted by atomic mass is 16.4. The Balaban J connectivity index is 1.63. The standard InChI is InChI=1S/C28H36O5/c1-15-22-17(12-20(30)23(15)31)27(4)7-6-16-18-14-26(3,24(32)33)9-8-25(18,2)10-11-28(16,5)21(27)13-19(22)29/h12-13,16,18,30-31H,6-11,14H2,1-5H3,(H,32,33)/t16?,18-,25+,26+,27-,28-/m0/s1. The lowest BCUT2D eigenvalue weighted by atomic mass is 9.40. The average molecular weight is 453 g/mol. The van der Waals surface area contributed by atoms with Crippen LogP contribution in [-0.2, 0) is 10.2 Å². The molecule has 0 heterocycles. The van der Waals surface area contributed by atoms with E-state index < -0.39 is 11.4 Å². The summed E-state index contributed by atoms with van der Waals surface area (Å²) in [5.41, 5.74) is 1.81. The first kappa shape index (κ1) is 22.5. The average Bonchev–Trinajstić information content (AvgIpc) is 2.74. The van der Waals surface area contributed by atoms with Crippen molar-refractivity contribution >= 4 is 11.8 Å². The first-order valence-corrected chi connectivity index (χ1v) is 12.3. The molecule has 5 rings (SSSR count). The highest BCUT2D eigenvalue weighted by molar-refractivity contribution is 6.10. The second-order valence-corrected chi connectivity index (χ2v) is 12.4. The number of phenols is 2. The number of rotatable bonds is 1. The van der Waals surface area contributed by atoms with Crippen molar-refractivity contribution in [1.29, 1.82) is 0 Å². The minimum atomic E-state index is -0.691. The van der Waals surface area contributed by atoms with Crippen molar-refractivity contribution < 1.29 is 24.9 Å². The Morgan fingerprint density at radius 1 is 1.00 bits per heavy atom. The summed E-state index contributed by atoms with van der Waals surface area (Å²) >= 11 is 0. The molecular formula is C28H36O5. The molecule has 6 atom stereocenters. The Bertz CT molecular complexity index is 1120. The fourth-order valence-electron chi connectivity index (χ4n) is 8.30. The van der Waals surface area contributed by atoms with Crippen molar-refractivity contribution in [2.45, 2.75) is 85.0 Å². The van der Waals surface area contributed by atoms with Gasteiger partial charge in [-0.2, -0.15) is 0 Å². The van der Waals surface area contributed by atoms with Crippen molar-refractivity contribution in [1.82, 2.24) is 0 Å². The quantitative estimate of drug-likeness (QED) is 0.462. The van der Waals surface area contributed by atoms with Crippen molar-refractivity contribution in [2.75, 3.05) is 0 Å². The van der Waals surface area contributed by atoms with E-state index in [-0.39, 0.29) is 33.5 Å². The molecule has 1 aromatic rings. The van der Waals surface area contributed by atoms with Crippen LogP contribution in [-0.4, -0.2) is 27.1 Å². The van der Waals surface area contributed by atoms with Crippen LogP contribution in [0.3, 0.4) is 0 Å². The number of aliphatic carboxylic acids is 1. The molecule has 5 heteroatoms. The van der Waals surface area contributed by atoms with Gasteiger partial charge in [-0.25, -0.2) is 0 Å². The summed E-state index contributed by atoms with van der Waals surface area (Å²) in [6, 6.07) is 1.60. The van der Waals surface area contributed by atoms with Gasteiger partial charge >= 0.3 is 5.97 Å². The maximum absolute atomic E-state index is 13.4. The minimum absolute atomic E-state index is 0.0977. The summed E-state index contributed by atoms with van der Waals surface area (Å²) in [6.45, 7) is 10.4. The summed E-state index contributed by atoms with van der Waals surface area (Å²) in [5, 5.41) is 30.7. The molecule has 3 N–H and O–H groups in total. The topological polar surface area (TPSA) is 94.8 Å². The number of carboxylic acid groups (broad SMARTS) is 1. The second kappa shape index (κ2) is 6.64. The molecule has 0 amide bonds. The predicted molar refractivity (Wildman–Crippen MR) is 126 cm³/mol. The number of benzene rings is 1. The van der Waals surface area contributed by atoms with E-state index in [0.29, 0.717) is 29.4 Å². The van der Waals surface area contributed by atoms with Crippen molar-refractivity contribution in [3.8, 4) is 11.5 Å². The minimum Gasteiger partial charge on any atom is -0.504 e. The van der Waals surface area contributed by atoms with Crippen LogP contribution in [0.25, 0.3) is 0 Å². The van der Waals surface area contributed by atoms with E-state index in [1.807, 2.05) is 13.0 Å². The Morgan fingerprint density at radius 3 is 2.33 bits per heavy atom. The number of phenolic OH excluding ortho intramolecular Hbond substituents is 2. The van der Waals surface area contributed by atoms with Crippen LogP contribution in [0.15, 0.2) is 17.7 Å². The summed E-state index contributed by atoms with van der Waals surface area (Å²) in [6.07, 6.45) is 8.02. The molecule has 3 saturated carbocycles. The maximum Gasteiger partial charge on any atom is 0.309 e. The molecule has 3 fully saturated rings. The van der Waals surface area contributed by atoms with Gasteiger partial charge in [-0.1, -0.05) is 20.8 Å². The lowest BCUT2D eigenvalue weighted by Crippen LogP contribution is -2.57. The van der Waals surface area contributed by atoms with Crippen molar-refractivity contribution in [2.24, 2.45) is 28.1 Å². The molecule has 33 heavy (non-hydrogen) atoms. The number of carboxylic acids is 1. The molecule has 178 valence electrons. The zero-order valence-electron chi connectivity index (χ0n) is 20.4. The van der Waals surface area contributed by atoms with Crippen LogP contribution in [0.2, 0.25) is 0 Å². The van der Waals surface area contributed by atoms with E-state index in [4.69, 9.17) is 0 Å². The van der Waals surface area contributed by atoms with E-state index in [0.717, 1.165) is 49.7 Å². The number of fused-ring (bicyclic) bond motifs is 7.